The summed E-state index contributed by atoms with van der Waals surface area (Å²) in [5, 5.41) is 9.83. The van der Waals surface area contributed by atoms with E-state index in [1.807, 2.05) is 12.1 Å². The van der Waals surface area contributed by atoms with Crippen molar-refractivity contribution in [3.8, 4) is 5.75 Å². The maximum Gasteiger partial charge on any atom is 0.115 e. The molecule has 0 amide bonds. The molecule has 0 spiro atoms. The largest absolute Gasteiger partial charge is 0.508 e. The first-order chi connectivity index (χ1) is 10.5. The van der Waals surface area contributed by atoms with Gasteiger partial charge < -0.3 is 5.11 Å². The van der Waals surface area contributed by atoms with Crippen LogP contribution in [-0.2, 0) is 6.42 Å². The monoisotopic (exact) mass is 298 g/mol. The third-order valence-corrected chi connectivity index (χ3v) is 7.75. The molecule has 4 rings (SSSR count). The van der Waals surface area contributed by atoms with Gasteiger partial charge in [-0.2, -0.15) is 0 Å². The summed E-state index contributed by atoms with van der Waals surface area (Å²) in [5.74, 6) is 4.69. The zero-order chi connectivity index (χ0) is 15.5. The lowest BCUT2D eigenvalue weighted by atomic mass is 9.51. The van der Waals surface area contributed by atoms with E-state index < -0.39 is 0 Å². The number of hydrogen-bond acceptors (Lipinski definition) is 1. The molecule has 0 bridgehead atoms. The van der Waals surface area contributed by atoms with E-state index in [9.17, 15) is 5.11 Å². The number of benzene rings is 1. The normalized spacial score (nSPS) is 43.3. The van der Waals surface area contributed by atoms with Crippen molar-refractivity contribution in [2.45, 2.75) is 65.2 Å². The Morgan fingerprint density at radius 1 is 1.23 bits per heavy atom. The third-order valence-electron chi connectivity index (χ3n) is 7.75. The van der Waals surface area contributed by atoms with Gasteiger partial charge in [0.05, 0.1) is 0 Å². The molecule has 120 valence electrons. The zero-order valence-corrected chi connectivity index (χ0v) is 14.3. The number of hydrogen-bond donors (Lipinski definition) is 1. The lowest BCUT2D eigenvalue weighted by molar-refractivity contribution is 0.00489. The van der Waals surface area contributed by atoms with Crippen LogP contribution in [0.15, 0.2) is 18.2 Å². The minimum absolute atomic E-state index is 0.442. The summed E-state index contributed by atoms with van der Waals surface area (Å²) in [5.41, 5.74) is 3.57. The van der Waals surface area contributed by atoms with Crippen molar-refractivity contribution in [3.05, 3.63) is 29.3 Å². The van der Waals surface area contributed by atoms with Gasteiger partial charge in [0, 0.05) is 0 Å². The van der Waals surface area contributed by atoms with E-state index in [1.54, 1.807) is 5.56 Å². The van der Waals surface area contributed by atoms with Crippen LogP contribution >= 0.6 is 0 Å². The smallest absolute Gasteiger partial charge is 0.115 e. The molecule has 0 saturated heterocycles. The van der Waals surface area contributed by atoms with Crippen LogP contribution < -0.4 is 0 Å². The Kier molecular flexibility index (Phi) is 3.33. The second-order valence-corrected chi connectivity index (χ2v) is 8.58. The molecule has 0 heterocycles. The Labute approximate surface area is 135 Å². The van der Waals surface area contributed by atoms with E-state index in [-0.39, 0.29) is 0 Å². The highest BCUT2D eigenvalue weighted by molar-refractivity contribution is 5.40. The number of rotatable bonds is 1. The van der Waals surface area contributed by atoms with Gasteiger partial charge in [-0.05, 0) is 90.4 Å². The van der Waals surface area contributed by atoms with Gasteiger partial charge in [0.15, 0.2) is 0 Å². The van der Waals surface area contributed by atoms with Crippen LogP contribution in [0.1, 0.15) is 69.9 Å². The Hall–Kier alpha value is -0.980. The fourth-order valence-electron chi connectivity index (χ4n) is 6.74. The molecule has 2 fully saturated rings. The summed E-state index contributed by atoms with van der Waals surface area (Å²) in [6.45, 7) is 7.47. The van der Waals surface area contributed by atoms with Crippen LogP contribution in [0.25, 0.3) is 0 Å². The first-order valence-electron chi connectivity index (χ1n) is 9.36. The van der Waals surface area contributed by atoms with Crippen molar-refractivity contribution in [3.63, 3.8) is 0 Å². The second-order valence-electron chi connectivity index (χ2n) is 8.58. The number of aromatic hydroxyl groups is 1. The molecular weight excluding hydrogens is 268 g/mol. The molecule has 1 aromatic rings. The molecule has 1 N–H and O–H groups in total. The molecule has 0 radical (unpaired) electrons. The van der Waals surface area contributed by atoms with E-state index in [0.29, 0.717) is 11.2 Å². The molecule has 6 unspecified atom stereocenters. The molecule has 1 nitrogen and oxygen atoms in total. The van der Waals surface area contributed by atoms with Gasteiger partial charge in [0.1, 0.15) is 5.75 Å². The maximum atomic E-state index is 9.83. The second kappa shape index (κ2) is 5.01. The molecule has 3 aliphatic carbocycles. The summed E-state index contributed by atoms with van der Waals surface area (Å²) in [7, 11) is 0. The Morgan fingerprint density at radius 3 is 2.82 bits per heavy atom. The van der Waals surface area contributed by atoms with Crippen molar-refractivity contribution < 1.29 is 5.11 Å². The van der Waals surface area contributed by atoms with E-state index >= 15 is 0 Å². The quantitative estimate of drug-likeness (QED) is 0.723. The molecule has 2 saturated carbocycles. The van der Waals surface area contributed by atoms with E-state index in [1.165, 1.54) is 37.7 Å². The van der Waals surface area contributed by atoms with Crippen molar-refractivity contribution >= 4 is 0 Å². The van der Waals surface area contributed by atoms with Gasteiger partial charge in [0.25, 0.3) is 0 Å². The van der Waals surface area contributed by atoms with Crippen LogP contribution in [-0.4, -0.2) is 5.11 Å². The highest BCUT2D eigenvalue weighted by Gasteiger charge is 2.55. The highest BCUT2D eigenvalue weighted by atomic mass is 16.3. The van der Waals surface area contributed by atoms with Gasteiger partial charge in [-0.1, -0.05) is 33.3 Å². The minimum Gasteiger partial charge on any atom is -0.508 e. The Bertz CT molecular complexity index is 577. The fourth-order valence-corrected chi connectivity index (χ4v) is 6.74. The summed E-state index contributed by atoms with van der Waals surface area (Å²) < 4.78 is 0. The standard InChI is InChI=1S/C21H30O/c1-4-15-5-8-19-20-13(2)11-14-12-16(22)6-7-17(14)18(20)9-10-21(15,19)3/h6-7,12-13,15,18-20,22H,4-5,8-11H2,1-3H3. The molecule has 22 heavy (non-hydrogen) atoms. The number of fused-ring (bicyclic) bond motifs is 5. The molecule has 0 aliphatic heterocycles. The highest BCUT2D eigenvalue weighted by Crippen LogP contribution is 2.64. The van der Waals surface area contributed by atoms with Crippen molar-refractivity contribution in [2.24, 2.45) is 29.1 Å². The van der Waals surface area contributed by atoms with Gasteiger partial charge in [0.2, 0.25) is 0 Å². The molecule has 0 aromatic heterocycles. The van der Waals surface area contributed by atoms with Crippen molar-refractivity contribution in [2.75, 3.05) is 0 Å². The molecule has 3 aliphatic rings. The molecule has 1 aromatic carbocycles. The SMILES string of the molecule is CCC1CCC2C3C(C)Cc4cc(O)ccc4C3CCC12C. The van der Waals surface area contributed by atoms with Crippen molar-refractivity contribution in [1.29, 1.82) is 0 Å². The average molecular weight is 298 g/mol. The van der Waals surface area contributed by atoms with E-state index in [2.05, 4.69) is 26.8 Å². The predicted octanol–water partition coefficient (Wildman–Crippen LogP) is 5.52. The summed E-state index contributed by atoms with van der Waals surface area (Å²) in [6, 6.07) is 6.16. The molecule has 1 heteroatoms. The van der Waals surface area contributed by atoms with Crippen molar-refractivity contribution in [1.82, 2.24) is 0 Å². The molecular formula is C21H30O. The minimum atomic E-state index is 0.442. The van der Waals surface area contributed by atoms with Crippen LogP contribution in [0.5, 0.6) is 5.75 Å². The van der Waals surface area contributed by atoms with Gasteiger partial charge in [-0.3, -0.25) is 0 Å². The van der Waals surface area contributed by atoms with Crippen LogP contribution in [0.4, 0.5) is 0 Å². The van der Waals surface area contributed by atoms with Crippen LogP contribution in [0.3, 0.4) is 0 Å². The Balaban J connectivity index is 1.73. The predicted molar refractivity (Wildman–Crippen MR) is 91.1 cm³/mol. The maximum absolute atomic E-state index is 9.83. The lowest BCUT2D eigenvalue weighted by Gasteiger charge is -2.53. The van der Waals surface area contributed by atoms with E-state index in [0.717, 1.165) is 36.0 Å². The summed E-state index contributed by atoms with van der Waals surface area (Å²) >= 11 is 0. The van der Waals surface area contributed by atoms with Crippen LogP contribution in [0, 0.1) is 29.1 Å². The Morgan fingerprint density at radius 2 is 2.05 bits per heavy atom. The third kappa shape index (κ3) is 1.90. The summed E-state index contributed by atoms with van der Waals surface area (Å²) in [6.07, 6.45) is 8.20. The number of phenolic OH excluding ortho intramolecular Hbond substituents is 1. The van der Waals surface area contributed by atoms with Crippen LogP contribution in [0.2, 0.25) is 0 Å². The first-order valence-corrected chi connectivity index (χ1v) is 9.36. The van der Waals surface area contributed by atoms with Gasteiger partial charge >= 0.3 is 0 Å². The average Bonchev–Trinajstić information content (AvgIpc) is 2.83. The number of phenols is 1. The first kappa shape index (κ1) is 14.6. The molecule has 6 atom stereocenters. The fraction of sp³-hybridized carbons (Fsp3) is 0.714. The van der Waals surface area contributed by atoms with Gasteiger partial charge in [-0.25, -0.2) is 0 Å². The zero-order valence-electron chi connectivity index (χ0n) is 14.3. The summed E-state index contributed by atoms with van der Waals surface area (Å²) in [4.78, 5) is 0. The lowest BCUT2D eigenvalue weighted by Crippen LogP contribution is -2.45. The van der Waals surface area contributed by atoms with E-state index in [4.69, 9.17) is 0 Å². The van der Waals surface area contributed by atoms with Gasteiger partial charge in [-0.15, -0.1) is 0 Å². The topological polar surface area (TPSA) is 20.2 Å².